The van der Waals surface area contributed by atoms with Crippen molar-refractivity contribution in [2.24, 2.45) is 0 Å². The van der Waals surface area contributed by atoms with Gasteiger partial charge in [-0.25, -0.2) is 9.97 Å². The second-order valence-corrected chi connectivity index (χ2v) is 10.2. The molecule has 5 rings (SSSR count). The summed E-state index contributed by atoms with van der Waals surface area (Å²) in [6, 6.07) is 13.0. The highest BCUT2D eigenvalue weighted by Gasteiger charge is 2.20. The number of fused-ring (bicyclic) bond motifs is 1. The van der Waals surface area contributed by atoms with Crippen molar-refractivity contribution in [3.8, 4) is 27.8 Å². The number of anilines is 1. The van der Waals surface area contributed by atoms with Crippen molar-refractivity contribution >= 4 is 33.3 Å². The molecule has 0 aliphatic carbocycles. The number of piperazine rings is 1. The number of methoxy groups -OCH3 is 3. The number of aromatic nitrogens is 2. The van der Waals surface area contributed by atoms with E-state index in [1.54, 1.807) is 12.1 Å². The number of likely N-dealkylation sites (N-methyl/N-ethyl adjacent to an activating group) is 1. The van der Waals surface area contributed by atoms with Gasteiger partial charge in [-0.3, -0.25) is 9.69 Å². The Morgan fingerprint density at radius 3 is 2.39 bits per heavy atom. The van der Waals surface area contributed by atoms with Gasteiger partial charge < -0.3 is 24.4 Å². The average molecular weight is 534 g/mol. The Kier molecular flexibility index (Phi) is 7.73. The predicted molar refractivity (Wildman–Crippen MR) is 150 cm³/mol. The van der Waals surface area contributed by atoms with Gasteiger partial charge in [0.25, 0.3) is 5.91 Å². The van der Waals surface area contributed by atoms with E-state index in [0.29, 0.717) is 28.5 Å². The lowest BCUT2D eigenvalue weighted by Gasteiger charge is -2.32. The lowest BCUT2D eigenvalue weighted by Crippen LogP contribution is -2.43. The number of ether oxygens (including phenoxy) is 3. The molecule has 1 saturated heterocycles. The van der Waals surface area contributed by atoms with E-state index in [0.717, 1.165) is 59.2 Å². The molecule has 9 nitrogen and oxygen atoms in total. The first-order chi connectivity index (χ1) is 18.5. The van der Waals surface area contributed by atoms with Gasteiger partial charge in [-0.15, -0.1) is 0 Å². The quantitative estimate of drug-likeness (QED) is 0.357. The molecule has 4 aromatic rings. The lowest BCUT2D eigenvalue weighted by molar-refractivity contribution is 0.102. The van der Waals surface area contributed by atoms with Crippen molar-refractivity contribution in [2.45, 2.75) is 6.54 Å². The number of carbonyl (C=O) groups is 1. The summed E-state index contributed by atoms with van der Waals surface area (Å²) in [6.07, 6.45) is 1.95. The summed E-state index contributed by atoms with van der Waals surface area (Å²) in [5.41, 5.74) is 3.89. The standard InChI is InChI=1S/C28H31N5O4S/c1-32-9-11-33(12-10-32)17-18-13-22-28(29-16-18)38-27(31-22)20-7-5-6-8-21(20)30-26(34)19-14-23(35-2)25(37-4)24(15-19)36-3/h5-8,13-16H,9-12,17H2,1-4H3,(H,30,34). The zero-order valence-electron chi connectivity index (χ0n) is 22.0. The maximum atomic E-state index is 13.3. The number of nitrogens with one attached hydrogen (secondary N) is 1. The third-order valence-electron chi connectivity index (χ3n) is 6.64. The number of amides is 1. The summed E-state index contributed by atoms with van der Waals surface area (Å²) >= 11 is 1.51. The first-order valence-electron chi connectivity index (χ1n) is 12.4. The number of hydrogen-bond donors (Lipinski definition) is 1. The van der Waals surface area contributed by atoms with E-state index in [1.165, 1.54) is 32.7 Å². The number of nitrogens with zero attached hydrogens (tertiary/aromatic N) is 4. The number of hydrogen-bond acceptors (Lipinski definition) is 9. The van der Waals surface area contributed by atoms with E-state index in [4.69, 9.17) is 24.2 Å². The number of para-hydroxylation sites is 1. The zero-order valence-corrected chi connectivity index (χ0v) is 22.8. The summed E-state index contributed by atoms with van der Waals surface area (Å²) in [4.78, 5) is 28.5. The molecule has 3 heterocycles. The van der Waals surface area contributed by atoms with Crippen LogP contribution in [0.2, 0.25) is 0 Å². The highest BCUT2D eigenvalue weighted by Crippen LogP contribution is 2.39. The maximum Gasteiger partial charge on any atom is 0.255 e. The summed E-state index contributed by atoms with van der Waals surface area (Å²) in [5.74, 6) is 0.955. The number of carbonyl (C=O) groups excluding carboxylic acids is 1. The second kappa shape index (κ2) is 11.3. The van der Waals surface area contributed by atoms with Gasteiger partial charge in [0, 0.05) is 50.0 Å². The molecule has 0 radical (unpaired) electrons. The molecule has 38 heavy (non-hydrogen) atoms. The van der Waals surface area contributed by atoms with Gasteiger partial charge in [0.05, 0.1) is 27.0 Å². The molecule has 0 atom stereocenters. The molecular weight excluding hydrogens is 502 g/mol. The zero-order chi connectivity index (χ0) is 26.6. The van der Waals surface area contributed by atoms with Crippen LogP contribution in [0.4, 0.5) is 5.69 Å². The van der Waals surface area contributed by atoms with Gasteiger partial charge in [-0.2, -0.15) is 0 Å². The normalized spacial score (nSPS) is 14.4. The van der Waals surface area contributed by atoms with Crippen molar-refractivity contribution in [1.29, 1.82) is 0 Å². The SMILES string of the molecule is COc1cc(C(=O)Nc2ccccc2-c2nc3cc(CN4CCN(C)CC4)cnc3s2)cc(OC)c1OC. The Morgan fingerprint density at radius 1 is 1.00 bits per heavy atom. The lowest BCUT2D eigenvalue weighted by atomic mass is 10.1. The molecule has 0 spiro atoms. The topological polar surface area (TPSA) is 89.1 Å². The molecule has 1 aliphatic heterocycles. The van der Waals surface area contributed by atoms with Gasteiger partial charge in [-0.1, -0.05) is 23.5 Å². The van der Waals surface area contributed by atoms with Crippen molar-refractivity contribution in [1.82, 2.24) is 19.8 Å². The van der Waals surface area contributed by atoms with E-state index in [2.05, 4.69) is 28.2 Å². The number of benzene rings is 2. The monoisotopic (exact) mass is 533 g/mol. The number of thiazole rings is 1. The Bertz CT molecular complexity index is 1420. The van der Waals surface area contributed by atoms with E-state index in [-0.39, 0.29) is 5.91 Å². The van der Waals surface area contributed by atoms with Gasteiger partial charge >= 0.3 is 0 Å². The summed E-state index contributed by atoms with van der Waals surface area (Å²) in [5, 5.41) is 3.82. The Balaban J connectivity index is 1.39. The number of pyridine rings is 1. The van der Waals surface area contributed by atoms with Gasteiger partial charge in [-0.05, 0) is 42.9 Å². The minimum atomic E-state index is -0.301. The predicted octanol–water partition coefficient (Wildman–Crippen LogP) is 4.38. The van der Waals surface area contributed by atoms with Crippen LogP contribution in [0, 0.1) is 0 Å². The smallest absolute Gasteiger partial charge is 0.255 e. The van der Waals surface area contributed by atoms with Crippen molar-refractivity contribution in [3.63, 3.8) is 0 Å². The molecule has 1 amide bonds. The van der Waals surface area contributed by atoms with E-state index >= 15 is 0 Å². The average Bonchev–Trinajstić information content (AvgIpc) is 3.37. The van der Waals surface area contributed by atoms with E-state index < -0.39 is 0 Å². The van der Waals surface area contributed by atoms with Crippen LogP contribution < -0.4 is 19.5 Å². The molecule has 1 N–H and O–H groups in total. The Hall–Kier alpha value is -3.73. The first-order valence-corrected chi connectivity index (χ1v) is 13.2. The van der Waals surface area contributed by atoms with Crippen LogP contribution in [-0.2, 0) is 6.54 Å². The van der Waals surface area contributed by atoms with Gasteiger partial charge in [0.2, 0.25) is 5.75 Å². The molecule has 10 heteroatoms. The molecule has 2 aromatic heterocycles. The van der Waals surface area contributed by atoms with Gasteiger partial charge in [0.15, 0.2) is 11.5 Å². The van der Waals surface area contributed by atoms with Crippen LogP contribution in [0.15, 0.2) is 48.7 Å². The van der Waals surface area contributed by atoms with Crippen molar-refractivity contribution in [3.05, 3.63) is 59.8 Å². The van der Waals surface area contributed by atoms with Crippen LogP contribution in [0.1, 0.15) is 15.9 Å². The van der Waals surface area contributed by atoms with E-state index in [1.807, 2.05) is 30.5 Å². The third kappa shape index (κ3) is 5.42. The van der Waals surface area contributed by atoms with Crippen molar-refractivity contribution in [2.75, 3.05) is 59.9 Å². The summed E-state index contributed by atoms with van der Waals surface area (Å²) in [7, 11) is 6.73. The van der Waals surface area contributed by atoms with Crippen LogP contribution in [0.3, 0.4) is 0 Å². The fourth-order valence-corrected chi connectivity index (χ4v) is 5.45. The highest BCUT2D eigenvalue weighted by molar-refractivity contribution is 7.21. The molecule has 1 fully saturated rings. The number of rotatable bonds is 8. The second-order valence-electron chi connectivity index (χ2n) is 9.18. The fraction of sp³-hybridized carbons (Fsp3) is 0.321. The largest absolute Gasteiger partial charge is 0.493 e. The summed E-state index contributed by atoms with van der Waals surface area (Å²) < 4.78 is 16.2. The molecule has 0 bridgehead atoms. The third-order valence-corrected chi connectivity index (χ3v) is 7.65. The molecular formula is C28H31N5O4S. The highest BCUT2D eigenvalue weighted by atomic mass is 32.1. The maximum absolute atomic E-state index is 13.3. The Labute approximate surface area is 226 Å². The summed E-state index contributed by atoms with van der Waals surface area (Å²) in [6.45, 7) is 5.13. The molecule has 0 saturated carbocycles. The van der Waals surface area contributed by atoms with Crippen LogP contribution >= 0.6 is 11.3 Å². The Morgan fingerprint density at radius 2 is 1.71 bits per heavy atom. The molecule has 2 aromatic carbocycles. The minimum absolute atomic E-state index is 0.301. The van der Waals surface area contributed by atoms with Crippen molar-refractivity contribution < 1.29 is 19.0 Å². The molecule has 1 aliphatic rings. The van der Waals surface area contributed by atoms with Crippen LogP contribution in [0.5, 0.6) is 17.2 Å². The molecule has 198 valence electrons. The fourth-order valence-electron chi connectivity index (χ4n) is 4.52. The minimum Gasteiger partial charge on any atom is -0.493 e. The van der Waals surface area contributed by atoms with Gasteiger partial charge in [0.1, 0.15) is 15.4 Å². The first kappa shape index (κ1) is 25.9. The van der Waals surface area contributed by atoms with Crippen LogP contribution in [0.25, 0.3) is 20.9 Å². The van der Waals surface area contributed by atoms with Crippen LogP contribution in [-0.4, -0.2) is 80.2 Å². The molecule has 0 unspecified atom stereocenters. The van der Waals surface area contributed by atoms with E-state index in [9.17, 15) is 4.79 Å².